The van der Waals surface area contributed by atoms with E-state index in [2.05, 4.69) is 4.98 Å². The van der Waals surface area contributed by atoms with Crippen molar-refractivity contribution in [2.45, 2.75) is 19.4 Å². The monoisotopic (exact) mass is 286 g/mol. The molecule has 2 rings (SSSR count). The second-order valence-corrected chi connectivity index (χ2v) is 4.93. The van der Waals surface area contributed by atoms with Crippen molar-refractivity contribution < 1.29 is 4.79 Å². The minimum atomic E-state index is -0.399. The number of halogens is 2. The van der Waals surface area contributed by atoms with Crippen molar-refractivity contribution in [2.24, 2.45) is 5.73 Å². The van der Waals surface area contributed by atoms with Gasteiger partial charge >= 0.3 is 0 Å². The first-order valence-corrected chi connectivity index (χ1v) is 6.06. The molecule has 1 atom stereocenters. The number of primary amides is 1. The number of anilines is 1. The fourth-order valence-electron chi connectivity index (χ4n) is 1.95. The first-order valence-electron chi connectivity index (χ1n) is 5.31. The fraction of sp³-hybridized carbons (Fsp3) is 0.273. The molecule has 0 saturated carbocycles. The molecule has 1 aromatic heterocycles. The van der Waals surface area contributed by atoms with Crippen molar-refractivity contribution in [1.82, 2.24) is 9.55 Å². The zero-order valence-electron chi connectivity index (χ0n) is 9.65. The largest absolute Gasteiger partial charge is 0.370 e. The van der Waals surface area contributed by atoms with Gasteiger partial charge in [0.25, 0.3) is 0 Å². The average Bonchev–Trinajstić information content (AvgIpc) is 2.53. The van der Waals surface area contributed by atoms with Gasteiger partial charge in [0.2, 0.25) is 11.9 Å². The lowest BCUT2D eigenvalue weighted by Gasteiger charge is -2.14. The molecule has 7 heteroatoms. The molecule has 0 spiro atoms. The quantitative estimate of drug-likeness (QED) is 0.908. The highest BCUT2D eigenvalue weighted by Gasteiger charge is 2.17. The van der Waals surface area contributed by atoms with E-state index < -0.39 is 5.91 Å². The maximum atomic E-state index is 11.0. The van der Waals surface area contributed by atoms with E-state index in [4.69, 9.17) is 34.7 Å². The fourth-order valence-corrected chi connectivity index (χ4v) is 2.27. The summed E-state index contributed by atoms with van der Waals surface area (Å²) >= 11 is 11.9. The molecule has 4 N–H and O–H groups in total. The molecule has 0 fully saturated rings. The number of hydrogen-bond acceptors (Lipinski definition) is 3. The molecule has 5 nitrogen and oxygen atoms in total. The van der Waals surface area contributed by atoms with Gasteiger partial charge in [0.05, 0.1) is 21.1 Å². The summed E-state index contributed by atoms with van der Waals surface area (Å²) in [4.78, 5) is 15.2. The van der Waals surface area contributed by atoms with Crippen molar-refractivity contribution in [3.05, 3.63) is 22.2 Å². The Kier molecular flexibility index (Phi) is 3.36. The molecule has 2 aromatic rings. The van der Waals surface area contributed by atoms with Crippen LogP contribution in [0.3, 0.4) is 0 Å². The van der Waals surface area contributed by atoms with E-state index in [9.17, 15) is 4.79 Å². The highest BCUT2D eigenvalue weighted by atomic mass is 35.5. The van der Waals surface area contributed by atoms with Crippen molar-refractivity contribution in [1.29, 1.82) is 0 Å². The van der Waals surface area contributed by atoms with Gasteiger partial charge in [0.1, 0.15) is 0 Å². The van der Waals surface area contributed by atoms with Crippen LogP contribution in [0.1, 0.15) is 19.4 Å². The smallest absolute Gasteiger partial charge is 0.219 e. The van der Waals surface area contributed by atoms with E-state index in [1.165, 1.54) is 0 Å². The Labute approximate surface area is 114 Å². The standard InChI is InChI=1S/C11H12Cl2N4O/c1-5(2-10(14)18)17-9-4-7(13)6(12)3-8(9)16-11(17)15/h3-5H,2H2,1H3,(H2,14,18)(H2,15,16). The molecule has 0 saturated heterocycles. The molecule has 1 amide bonds. The third-order valence-corrected chi connectivity index (χ3v) is 3.42. The summed E-state index contributed by atoms with van der Waals surface area (Å²) < 4.78 is 1.72. The number of nitrogen functional groups attached to an aromatic ring is 1. The van der Waals surface area contributed by atoms with Crippen LogP contribution in [0.2, 0.25) is 10.0 Å². The predicted molar refractivity (Wildman–Crippen MR) is 72.7 cm³/mol. The average molecular weight is 287 g/mol. The number of rotatable bonds is 3. The Bertz CT molecular complexity index is 623. The number of aromatic nitrogens is 2. The lowest BCUT2D eigenvalue weighted by molar-refractivity contribution is -0.118. The van der Waals surface area contributed by atoms with Gasteiger partial charge in [-0.3, -0.25) is 4.79 Å². The van der Waals surface area contributed by atoms with Gasteiger partial charge in [0.15, 0.2) is 0 Å². The van der Waals surface area contributed by atoms with E-state index in [0.29, 0.717) is 21.5 Å². The van der Waals surface area contributed by atoms with Gasteiger partial charge in [-0.1, -0.05) is 23.2 Å². The summed E-state index contributed by atoms with van der Waals surface area (Å²) in [7, 11) is 0. The second-order valence-electron chi connectivity index (χ2n) is 4.11. The summed E-state index contributed by atoms with van der Waals surface area (Å²) in [6.45, 7) is 1.84. The van der Waals surface area contributed by atoms with Crippen LogP contribution in [0.25, 0.3) is 11.0 Å². The van der Waals surface area contributed by atoms with Crippen LogP contribution in [0.5, 0.6) is 0 Å². The summed E-state index contributed by atoms with van der Waals surface area (Å²) in [5, 5.41) is 0.827. The topological polar surface area (TPSA) is 86.9 Å². The summed E-state index contributed by atoms with van der Waals surface area (Å²) in [5.41, 5.74) is 12.4. The van der Waals surface area contributed by atoms with Crippen LogP contribution in [0, 0.1) is 0 Å². The van der Waals surface area contributed by atoms with E-state index in [1.54, 1.807) is 16.7 Å². The van der Waals surface area contributed by atoms with Gasteiger partial charge in [-0.15, -0.1) is 0 Å². The van der Waals surface area contributed by atoms with Crippen LogP contribution in [0.4, 0.5) is 5.95 Å². The zero-order valence-corrected chi connectivity index (χ0v) is 11.2. The van der Waals surface area contributed by atoms with Crippen molar-refractivity contribution in [3.63, 3.8) is 0 Å². The predicted octanol–water partition coefficient (Wildman–Crippen LogP) is 2.36. The Morgan fingerprint density at radius 2 is 2.06 bits per heavy atom. The number of nitrogens with zero attached hydrogens (tertiary/aromatic N) is 2. The Morgan fingerprint density at radius 3 is 2.67 bits per heavy atom. The third kappa shape index (κ3) is 2.23. The highest BCUT2D eigenvalue weighted by molar-refractivity contribution is 6.42. The van der Waals surface area contributed by atoms with Crippen molar-refractivity contribution >= 4 is 46.1 Å². The van der Waals surface area contributed by atoms with E-state index >= 15 is 0 Å². The number of hydrogen-bond donors (Lipinski definition) is 2. The molecular formula is C11H12Cl2N4O. The molecule has 1 heterocycles. The Hall–Kier alpha value is -1.46. The van der Waals surface area contributed by atoms with E-state index in [0.717, 1.165) is 5.52 Å². The first kappa shape index (κ1) is 13.0. The number of nitrogens with two attached hydrogens (primary N) is 2. The molecule has 1 unspecified atom stereocenters. The van der Waals surface area contributed by atoms with E-state index in [1.807, 2.05) is 6.92 Å². The zero-order chi connectivity index (χ0) is 13.4. The number of carbonyl (C=O) groups is 1. The first-order chi connectivity index (χ1) is 8.40. The molecule has 0 aliphatic rings. The lowest BCUT2D eigenvalue weighted by Crippen LogP contribution is -2.18. The molecular weight excluding hydrogens is 275 g/mol. The molecule has 1 aromatic carbocycles. The maximum absolute atomic E-state index is 11.0. The molecule has 0 aliphatic carbocycles. The van der Waals surface area contributed by atoms with Crippen LogP contribution >= 0.6 is 23.2 Å². The van der Waals surface area contributed by atoms with Gasteiger partial charge in [0, 0.05) is 12.5 Å². The van der Waals surface area contributed by atoms with Gasteiger partial charge in [-0.2, -0.15) is 0 Å². The molecule has 96 valence electrons. The SMILES string of the molecule is CC(CC(N)=O)n1c(N)nc2cc(Cl)c(Cl)cc21. The summed E-state index contributed by atoms with van der Waals surface area (Å²) in [5.74, 6) is -0.0964. The van der Waals surface area contributed by atoms with Crippen LogP contribution < -0.4 is 11.5 Å². The van der Waals surface area contributed by atoms with Gasteiger partial charge < -0.3 is 16.0 Å². The third-order valence-electron chi connectivity index (χ3n) is 2.70. The van der Waals surface area contributed by atoms with Crippen LogP contribution in [-0.2, 0) is 4.79 Å². The number of imidazole rings is 1. The number of benzene rings is 1. The minimum absolute atomic E-state index is 0.176. The molecule has 0 bridgehead atoms. The maximum Gasteiger partial charge on any atom is 0.219 e. The normalized spacial score (nSPS) is 12.8. The summed E-state index contributed by atoms with van der Waals surface area (Å²) in [6.07, 6.45) is 0.176. The summed E-state index contributed by atoms with van der Waals surface area (Å²) in [6, 6.07) is 3.13. The highest BCUT2D eigenvalue weighted by Crippen LogP contribution is 2.31. The Morgan fingerprint density at radius 1 is 1.44 bits per heavy atom. The van der Waals surface area contributed by atoms with Crippen LogP contribution in [0.15, 0.2) is 12.1 Å². The minimum Gasteiger partial charge on any atom is -0.370 e. The number of carbonyl (C=O) groups excluding carboxylic acids is 1. The van der Waals surface area contributed by atoms with Gasteiger partial charge in [-0.05, 0) is 19.1 Å². The Balaban J connectivity index is 2.59. The number of fused-ring (bicyclic) bond motifs is 1. The van der Waals surface area contributed by atoms with E-state index in [-0.39, 0.29) is 12.5 Å². The molecule has 0 radical (unpaired) electrons. The number of amides is 1. The molecule has 18 heavy (non-hydrogen) atoms. The lowest BCUT2D eigenvalue weighted by atomic mass is 10.2. The van der Waals surface area contributed by atoms with Gasteiger partial charge in [-0.25, -0.2) is 4.98 Å². The van der Waals surface area contributed by atoms with Crippen LogP contribution in [-0.4, -0.2) is 15.5 Å². The van der Waals surface area contributed by atoms with Crippen molar-refractivity contribution in [2.75, 3.05) is 5.73 Å². The van der Waals surface area contributed by atoms with Crippen molar-refractivity contribution in [3.8, 4) is 0 Å². The molecule has 0 aliphatic heterocycles. The second kappa shape index (κ2) is 4.66.